The summed E-state index contributed by atoms with van der Waals surface area (Å²) in [6, 6.07) is 10.5. The van der Waals surface area contributed by atoms with Crippen LogP contribution < -0.4 is 10.6 Å². The standard InChI is InChI=1S/C22H36N4O2/c1-5-23-22(25-20-11-12-26(14-20)21(27)17(2)3)24-13-18(4)15-28-16-19-9-7-6-8-10-19/h6-10,17-18,20H,5,11-16H2,1-4H3,(H2,23,24,25). The second-order valence-corrected chi connectivity index (χ2v) is 7.89. The van der Waals surface area contributed by atoms with Crippen molar-refractivity contribution in [1.82, 2.24) is 15.5 Å². The van der Waals surface area contributed by atoms with Gasteiger partial charge in [0.25, 0.3) is 0 Å². The summed E-state index contributed by atoms with van der Waals surface area (Å²) in [5, 5.41) is 6.79. The van der Waals surface area contributed by atoms with Gasteiger partial charge < -0.3 is 20.3 Å². The molecule has 1 aliphatic rings. The van der Waals surface area contributed by atoms with Gasteiger partial charge in [0.1, 0.15) is 0 Å². The Morgan fingerprint density at radius 3 is 2.71 bits per heavy atom. The maximum absolute atomic E-state index is 12.2. The van der Waals surface area contributed by atoms with Crippen molar-refractivity contribution in [3.05, 3.63) is 35.9 Å². The predicted octanol–water partition coefficient (Wildman–Crippen LogP) is 2.65. The first-order chi connectivity index (χ1) is 13.5. The lowest BCUT2D eigenvalue weighted by Gasteiger charge is -2.20. The molecular weight excluding hydrogens is 352 g/mol. The SMILES string of the molecule is CCNC(=NCC(C)COCc1ccccc1)NC1CCN(C(=O)C(C)C)C1. The monoisotopic (exact) mass is 388 g/mol. The molecule has 2 atom stereocenters. The number of guanidine groups is 1. The molecule has 0 aliphatic carbocycles. The largest absolute Gasteiger partial charge is 0.376 e. The highest BCUT2D eigenvalue weighted by molar-refractivity contribution is 5.81. The van der Waals surface area contributed by atoms with Crippen LogP contribution in [-0.4, -0.2) is 55.6 Å². The molecule has 1 aliphatic heterocycles. The fourth-order valence-electron chi connectivity index (χ4n) is 3.21. The molecule has 1 heterocycles. The minimum Gasteiger partial charge on any atom is -0.376 e. The molecule has 156 valence electrons. The first-order valence-corrected chi connectivity index (χ1v) is 10.4. The van der Waals surface area contributed by atoms with Crippen LogP contribution in [0.25, 0.3) is 0 Å². The fourth-order valence-corrected chi connectivity index (χ4v) is 3.21. The van der Waals surface area contributed by atoms with Crippen LogP contribution in [0.4, 0.5) is 0 Å². The van der Waals surface area contributed by atoms with E-state index in [9.17, 15) is 4.79 Å². The molecule has 1 saturated heterocycles. The molecule has 0 spiro atoms. The van der Waals surface area contributed by atoms with E-state index in [-0.39, 0.29) is 17.9 Å². The molecule has 1 aromatic rings. The quantitative estimate of drug-likeness (QED) is 0.504. The molecule has 2 rings (SSSR count). The Hall–Kier alpha value is -2.08. The second-order valence-electron chi connectivity index (χ2n) is 7.89. The molecule has 6 heteroatoms. The van der Waals surface area contributed by atoms with Crippen molar-refractivity contribution < 1.29 is 9.53 Å². The number of nitrogens with zero attached hydrogens (tertiary/aromatic N) is 2. The van der Waals surface area contributed by atoms with Crippen LogP contribution in [0.5, 0.6) is 0 Å². The average molecular weight is 389 g/mol. The van der Waals surface area contributed by atoms with Gasteiger partial charge in [0.15, 0.2) is 5.96 Å². The van der Waals surface area contributed by atoms with Gasteiger partial charge in [-0.1, -0.05) is 51.1 Å². The van der Waals surface area contributed by atoms with Gasteiger partial charge >= 0.3 is 0 Å². The maximum Gasteiger partial charge on any atom is 0.225 e. The van der Waals surface area contributed by atoms with Gasteiger partial charge in [0, 0.05) is 38.1 Å². The number of ether oxygens (including phenoxy) is 1. The van der Waals surface area contributed by atoms with Gasteiger partial charge in [0.2, 0.25) is 5.91 Å². The summed E-state index contributed by atoms with van der Waals surface area (Å²) in [4.78, 5) is 18.8. The zero-order valence-electron chi connectivity index (χ0n) is 17.8. The van der Waals surface area contributed by atoms with Gasteiger partial charge in [-0.15, -0.1) is 0 Å². The molecule has 1 aromatic carbocycles. The first kappa shape index (κ1) is 22.2. The molecule has 1 amide bonds. The van der Waals surface area contributed by atoms with E-state index in [0.29, 0.717) is 25.7 Å². The van der Waals surface area contributed by atoms with Crippen LogP contribution in [0.3, 0.4) is 0 Å². The Labute approximate surface area is 169 Å². The molecule has 2 unspecified atom stereocenters. The van der Waals surface area contributed by atoms with E-state index in [4.69, 9.17) is 9.73 Å². The van der Waals surface area contributed by atoms with E-state index in [1.807, 2.05) is 36.9 Å². The smallest absolute Gasteiger partial charge is 0.225 e. The van der Waals surface area contributed by atoms with E-state index in [1.165, 1.54) is 5.56 Å². The lowest BCUT2D eigenvalue weighted by molar-refractivity contribution is -0.133. The number of aliphatic imine (C=N–C) groups is 1. The van der Waals surface area contributed by atoms with E-state index in [0.717, 1.165) is 32.0 Å². The van der Waals surface area contributed by atoms with Gasteiger partial charge in [-0.25, -0.2) is 0 Å². The van der Waals surface area contributed by atoms with Gasteiger partial charge in [-0.05, 0) is 24.8 Å². The Morgan fingerprint density at radius 2 is 2.04 bits per heavy atom. The molecule has 1 fully saturated rings. The van der Waals surface area contributed by atoms with Crippen molar-refractivity contribution in [2.45, 2.75) is 46.8 Å². The third-order valence-electron chi connectivity index (χ3n) is 4.75. The van der Waals surface area contributed by atoms with E-state index < -0.39 is 0 Å². The molecule has 6 nitrogen and oxygen atoms in total. The Balaban J connectivity index is 1.75. The van der Waals surface area contributed by atoms with Crippen molar-refractivity contribution in [2.75, 3.05) is 32.8 Å². The number of nitrogens with one attached hydrogen (secondary N) is 2. The Kier molecular flexibility index (Phi) is 9.28. The normalized spacial score (nSPS) is 18.4. The molecule has 0 radical (unpaired) electrons. The molecular formula is C22H36N4O2. The number of hydrogen-bond donors (Lipinski definition) is 2. The third-order valence-corrected chi connectivity index (χ3v) is 4.75. The molecule has 2 N–H and O–H groups in total. The summed E-state index contributed by atoms with van der Waals surface area (Å²) in [6.07, 6.45) is 0.957. The zero-order chi connectivity index (χ0) is 20.4. The number of amides is 1. The summed E-state index contributed by atoms with van der Waals surface area (Å²) in [6.45, 7) is 12.5. The van der Waals surface area contributed by atoms with Crippen molar-refractivity contribution in [2.24, 2.45) is 16.8 Å². The van der Waals surface area contributed by atoms with Crippen LogP contribution in [0.1, 0.15) is 39.7 Å². The number of carbonyl (C=O) groups excluding carboxylic acids is 1. The van der Waals surface area contributed by atoms with Crippen LogP contribution >= 0.6 is 0 Å². The van der Waals surface area contributed by atoms with Crippen LogP contribution in [0.2, 0.25) is 0 Å². The lowest BCUT2D eigenvalue weighted by Crippen LogP contribution is -2.45. The highest BCUT2D eigenvalue weighted by Gasteiger charge is 2.27. The number of hydrogen-bond acceptors (Lipinski definition) is 3. The topological polar surface area (TPSA) is 66.0 Å². The van der Waals surface area contributed by atoms with Crippen molar-refractivity contribution in [1.29, 1.82) is 0 Å². The van der Waals surface area contributed by atoms with Crippen LogP contribution in [0.15, 0.2) is 35.3 Å². The highest BCUT2D eigenvalue weighted by atomic mass is 16.5. The van der Waals surface area contributed by atoms with Crippen LogP contribution in [-0.2, 0) is 16.1 Å². The summed E-state index contributed by atoms with van der Waals surface area (Å²) >= 11 is 0. The predicted molar refractivity (Wildman–Crippen MR) is 114 cm³/mol. The van der Waals surface area contributed by atoms with Crippen molar-refractivity contribution in [3.8, 4) is 0 Å². The Bertz CT molecular complexity index is 618. The average Bonchev–Trinajstić information content (AvgIpc) is 3.15. The van der Waals surface area contributed by atoms with Gasteiger partial charge in [-0.2, -0.15) is 0 Å². The number of benzene rings is 1. The highest BCUT2D eigenvalue weighted by Crippen LogP contribution is 2.12. The lowest BCUT2D eigenvalue weighted by atomic mass is 10.2. The van der Waals surface area contributed by atoms with Crippen LogP contribution in [0, 0.1) is 11.8 Å². The number of carbonyl (C=O) groups is 1. The first-order valence-electron chi connectivity index (χ1n) is 10.4. The summed E-state index contributed by atoms with van der Waals surface area (Å²) < 4.78 is 5.82. The Morgan fingerprint density at radius 1 is 1.29 bits per heavy atom. The number of rotatable bonds is 9. The minimum atomic E-state index is 0.0531. The summed E-state index contributed by atoms with van der Waals surface area (Å²) in [5.74, 6) is 1.44. The maximum atomic E-state index is 12.2. The third kappa shape index (κ3) is 7.50. The van der Waals surface area contributed by atoms with Crippen molar-refractivity contribution >= 4 is 11.9 Å². The van der Waals surface area contributed by atoms with Crippen molar-refractivity contribution in [3.63, 3.8) is 0 Å². The fraction of sp³-hybridized carbons (Fsp3) is 0.636. The van der Waals surface area contributed by atoms with E-state index in [2.05, 4.69) is 36.6 Å². The number of likely N-dealkylation sites (tertiary alicyclic amines) is 1. The van der Waals surface area contributed by atoms with Gasteiger partial charge in [0.05, 0.1) is 13.2 Å². The summed E-state index contributed by atoms with van der Waals surface area (Å²) in [7, 11) is 0. The minimum absolute atomic E-state index is 0.0531. The van der Waals surface area contributed by atoms with E-state index >= 15 is 0 Å². The van der Waals surface area contributed by atoms with Gasteiger partial charge in [-0.3, -0.25) is 9.79 Å². The molecule has 28 heavy (non-hydrogen) atoms. The molecule has 0 aromatic heterocycles. The molecule has 0 bridgehead atoms. The molecule has 0 saturated carbocycles. The van der Waals surface area contributed by atoms with E-state index in [1.54, 1.807) is 0 Å². The summed E-state index contributed by atoms with van der Waals surface area (Å²) in [5.41, 5.74) is 1.19. The zero-order valence-corrected chi connectivity index (χ0v) is 17.8. The second kappa shape index (κ2) is 11.7.